The number of thioether (sulfide) groups is 1. The SMILES string of the molecule is CCC1=NC2CCCCC2C(=O)N1CCOC1CCC(/C=C2/SC(=O)NC2=O)CC1. The van der Waals surface area contributed by atoms with Gasteiger partial charge in [0.15, 0.2) is 0 Å². The van der Waals surface area contributed by atoms with Crippen LogP contribution in [0.2, 0.25) is 0 Å². The van der Waals surface area contributed by atoms with Gasteiger partial charge in [-0.1, -0.05) is 25.8 Å². The van der Waals surface area contributed by atoms with Crippen molar-refractivity contribution in [1.29, 1.82) is 0 Å². The molecular formula is C22H31N3O4S. The molecule has 4 rings (SSSR count). The summed E-state index contributed by atoms with van der Waals surface area (Å²) in [5, 5.41) is 2.02. The molecule has 2 heterocycles. The minimum absolute atomic E-state index is 0.0649. The van der Waals surface area contributed by atoms with Crippen LogP contribution in [0.25, 0.3) is 0 Å². The predicted octanol–water partition coefficient (Wildman–Crippen LogP) is 3.64. The number of ether oxygens (including phenoxy) is 1. The van der Waals surface area contributed by atoms with E-state index in [-0.39, 0.29) is 35.1 Å². The Morgan fingerprint density at radius 2 is 1.90 bits per heavy atom. The molecule has 3 amide bonds. The fraction of sp³-hybridized carbons (Fsp3) is 0.727. The summed E-state index contributed by atoms with van der Waals surface area (Å²) in [7, 11) is 0. The first-order valence-corrected chi connectivity index (χ1v) is 12.1. The van der Waals surface area contributed by atoms with Gasteiger partial charge in [0.25, 0.3) is 11.1 Å². The maximum atomic E-state index is 13.0. The van der Waals surface area contributed by atoms with Crippen LogP contribution in [0.3, 0.4) is 0 Å². The topological polar surface area (TPSA) is 88.1 Å². The highest BCUT2D eigenvalue weighted by atomic mass is 32.2. The number of amidine groups is 1. The normalized spacial score (nSPS) is 33.5. The summed E-state index contributed by atoms with van der Waals surface area (Å²) < 4.78 is 6.11. The van der Waals surface area contributed by atoms with Crippen molar-refractivity contribution in [3.8, 4) is 0 Å². The molecule has 2 aliphatic carbocycles. The van der Waals surface area contributed by atoms with Crippen molar-refractivity contribution in [2.24, 2.45) is 16.8 Å². The first-order chi connectivity index (χ1) is 14.5. The van der Waals surface area contributed by atoms with E-state index in [1.165, 1.54) is 6.42 Å². The fourth-order valence-corrected chi connectivity index (χ4v) is 5.79. The van der Waals surface area contributed by atoms with E-state index in [9.17, 15) is 14.4 Å². The monoisotopic (exact) mass is 433 g/mol. The standard InChI is InChI=1S/C22H31N3O4S/c1-2-19-23-17-6-4-3-5-16(17)21(27)25(19)11-12-29-15-9-7-14(8-10-15)13-18-20(26)24-22(28)30-18/h13-17H,2-12H2,1H3,(H,24,26,28)/b18-13+. The molecule has 1 N–H and O–H groups in total. The molecule has 8 heteroatoms. The van der Waals surface area contributed by atoms with E-state index in [4.69, 9.17) is 9.73 Å². The molecule has 0 aromatic carbocycles. The molecule has 0 aromatic heterocycles. The van der Waals surface area contributed by atoms with Gasteiger partial charge in [-0.05, 0) is 56.2 Å². The Kier molecular flexibility index (Phi) is 6.93. The summed E-state index contributed by atoms with van der Waals surface area (Å²) in [5.41, 5.74) is 0. The molecule has 3 fully saturated rings. The molecule has 0 radical (unpaired) electrons. The van der Waals surface area contributed by atoms with Gasteiger partial charge in [-0.3, -0.25) is 29.6 Å². The zero-order valence-corrected chi connectivity index (χ0v) is 18.4. The number of fused-ring (bicyclic) bond motifs is 1. The van der Waals surface area contributed by atoms with Crippen LogP contribution in [0.5, 0.6) is 0 Å². The second kappa shape index (κ2) is 9.64. The average Bonchev–Trinajstić information content (AvgIpc) is 3.07. The number of aliphatic imine (C=N–C) groups is 1. The average molecular weight is 434 g/mol. The van der Waals surface area contributed by atoms with E-state index in [0.29, 0.717) is 24.0 Å². The maximum Gasteiger partial charge on any atom is 0.290 e. The van der Waals surface area contributed by atoms with E-state index in [1.807, 2.05) is 11.0 Å². The molecule has 0 spiro atoms. The number of amides is 3. The summed E-state index contributed by atoms with van der Waals surface area (Å²) in [4.78, 5) is 43.3. The van der Waals surface area contributed by atoms with Crippen molar-refractivity contribution in [3.05, 3.63) is 11.0 Å². The zero-order chi connectivity index (χ0) is 21.1. The fourth-order valence-electron chi connectivity index (χ4n) is 5.05. The van der Waals surface area contributed by atoms with Crippen LogP contribution in [0.15, 0.2) is 16.0 Å². The first-order valence-electron chi connectivity index (χ1n) is 11.3. The predicted molar refractivity (Wildman–Crippen MR) is 116 cm³/mol. The highest BCUT2D eigenvalue weighted by molar-refractivity contribution is 8.18. The summed E-state index contributed by atoms with van der Waals surface area (Å²) in [6.07, 6.45) is 11.0. The third-order valence-electron chi connectivity index (χ3n) is 6.67. The Hall–Kier alpha value is -1.67. The lowest BCUT2D eigenvalue weighted by Gasteiger charge is -2.38. The van der Waals surface area contributed by atoms with E-state index < -0.39 is 0 Å². The van der Waals surface area contributed by atoms with Crippen molar-refractivity contribution in [2.45, 2.75) is 76.9 Å². The van der Waals surface area contributed by atoms with Crippen LogP contribution in [0.1, 0.15) is 64.7 Å². The van der Waals surface area contributed by atoms with Crippen molar-refractivity contribution >= 4 is 34.7 Å². The lowest BCUT2D eigenvalue weighted by Crippen LogP contribution is -2.51. The Balaban J connectivity index is 1.24. The van der Waals surface area contributed by atoms with E-state index in [0.717, 1.165) is 69.0 Å². The summed E-state index contributed by atoms with van der Waals surface area (Å²) >= 11 is 0.990. The number of hydrogen-bond donors (Lipinski definition) is 1. The van der Waals surface area contributed by atoms with Crippen LogP contribution < -0.4 is 5.32 Å². The molecule has 164 valence electrons. The van der Waals surface area contributed by atoms with Gasteiger partial charge in [0.05, 0.1) is 36.1 Å². The molecular weight excluding hydrogens is 402 g/mol. The molecule has 30 heavy (non-hydrogen) atoms. The van der Waals surface area contributed by atoms with Gasteiger partial charge < -0.3 is 4.74 Å². The second-order valence-corrected chi connectivity index (χ2v) is 9.64. The third kappa shape index (κ3) is 4.80. The van der Waals surface area contributed by atoms with E-state index >= 15 is 0 Å². The van der Waals surface area contributed by atoms with Gasteiger partial charge >= 0.3 is 0 Å². The number of nitrogens with zero attached hydrogens (tertiary/aromatic N) is 2. The highest BCUT2D eigenvalue weighted by Gasteiger charge is 2.39. The van der Waals surface area contributed by atoms with Crippen LogP contribution >= 0.6 is 11.8 Å². The Morgan fingerprint density at radius 3 is 2.60 bits per heavy atom. The molecule has 2 atom stereocenters. The number of nitrogens with one attached hydrogen (secondary N) is 1. The largest absolute Gasteiger partial charge is 0.376 e. The van der Waals surface area contributed by atoms with Crippen molar-refractivity contribution < 1.29 is 19.1 Å². The number of imide groups is 1. The highest BCUT2D eigenvalue weighted by Crippen LogP contribution is 2.33. The van der Waals surface area contributed by atoms with Crippen molar-refractivity contribution in [3.63, 3.8) is 0 Å². The van der Waals surface area contributed by atoms with Crippen molar-refractivity contribution in [2.75, 3.05) is 13.2 Å². The van der Waals surface area contributed by atoms with Crippen LogP contribution in [-0.4, -0.2) is 53.1 Å². The molecule has 0 aromatic rings. The number of hydrogen-bond acceptors (Lipinski definition) is 6. The number of rotatable bonds is 6. The first kappa shape index (κ1) is 21.6. The minimum Gasteiger partial charge on any atom is -0.376 e. The van der Waals surface area contributed by atoms with Crippen LogP contribution in [0, 0.1) is 11.8 Å². The van der Waals surface area contributed by atoms with Gasteiger partial charge in [-0.15, -0.1) is 0 Å². The van der Waals surface area contributed by atoms with Gasteiger partial charge in [0.1, 0.15) is 5.84 Å². The van der Waals surface area contributed by atoms with Crippen LogP contribution in [0.4, 0.5) is 4.79 Å². The minimum atomic E-state index is -0.287. The zero-order valence-electron chi connectivity index (χ0n) is 17.6. The summed E-state index contributed by atoms with van der Waals surface area (Å²) in [5.74, 6) is 1.27. The number of allylic oxidation sites excluding steroid dienone is 1. The van der Waals surface area contributed by atoms with Gasteiger partial charge in [-0.2, -0.15) is 0 Å². The van der Waals surface area contributed by atoms with Crippen molar-refractivity contribution in [1.82, 2.24) is 10.2 Å². The second-order valence-electron chi connectivity index (χ2n) is 8.63. The lowest BCUT2D eigenvalue weighted by atomic mass is 9.82. The smallest absolute Gasteiger partial charge is 0.290 e. The maximum absolute atomic E-state index is 13.0. The lowest BCUT2D eigenvalue weighted by molar-refractivity contribution is -0.135. The molecule has 0 bridgehead atoms. The summed E-state index contributed by atoms with van der Waals surface area (Å²) in [6, 6.07) is 0.193. The molecule has 2 aliphatic heterocycles. The molecule has 2 unspecified atom stereocenters. The Labute approximate surface area is 182 Å². The number of carbonyl (C=O) groups excluding carboxylic acids is 3. The summed E-state index contributed by atoms with van der Waals surface area (Å²) in [6.45, 7) is 3.18. The van der Waals surface area contributed by atoms with E-state index in [2.05, 4.69) is 12.2 Å². The van der Waals surface area contributed by atoms with Gasteiger partial charge in [-0.25, -0.2) is 0 Å². The molecule has 7 nitrogen and oxygen atoms in total. The third-order valence-corrected chi connectivity index (χ3v) is 7.50. The molecule has 4 aliphatic rings. The van der Waals surface area contributed by atoms with Gasteiger partial charge in [0.2, 0.25) is 5.91 Å². The molecule has 2 saturated carbocycles. The van der Waals surface area contributed by atoms with E-state index in [1.54, 1.807) is 0 Å². The van der Waals surface area contributed by atoms with Crippen LogP contribution in [-0.2, 0) is 14.3 Å². The number of carbonyl (C=O) groups is 3. The Bertz CT molecular complexity index is 757. The van der Waals surface area contributed by atoms with Gasteiger partial charge in [0, 0.05) is 6.42 Å². The Morgan fingerprint density at radius 1 is 1.13 bits per heavy atom. The molecule has 1 saturated heterocycles. The quantitative estimate of drug-likeness (QED) is 0.646.